The van der Waals surface area contributed by atoms with Crippen molar-refractivity contribution >= 4 is 39.4 Å². The molecule has 0 unspecified atom stereocenters. The molecule has 6 heteroatoms. The third-order valence-electron chi connectivity index (χ3n) is 4.45. The van der Waals surface area contributed by atoms with Crippen molar-refractivity contribution in [2.24, 2.45) is 0 Å². The number of amides is 1. The molecule has 0 fully saturated rings. The zero-order valence-electron chi connectivity index (χ0n) is 15.7. The van der Waals surface area contributed by atoms with E-state index in [9.17, 15) is 4.79 Å². The Kier molecular flexibility index (Phi) is 5.41. The van der Waals surface area contributed by atoms with Gasteiger partial charge >= 0.3 is 0 Å². The fourth-order valence-corrected chi connectivity index (χ4v) is 4.91. The molecular weight excluding hydrogens is 388 g/mol. The minimum Gasteiger partial charge on any atom is -0.493 e. The van der Waals surface area contributed by atoms with Crippen LogP contribution in [-0.2, 0) is 6.54 Å². The Morgan fingerprint density at radius 1 is 1.14 bits per heavy atom. The predicted molar refractivity (Wildman–Crippen MR) is 116 cm³/mol. The third kappa shape index (κ3) is 3.66. The first kappa shape index (κ1) is 18.7. The van der Waals surface area contributed by atoms with Crippen LogP contribution in [0.15, 0.2) is 53.9 Å². The van der Waals surface area contributed by atoms with Crippen molar-refractivity contribution in [2.45, 2.75) is 20.4 Å². The van der Waals surface area contributed by atoms with Gasteiger partial charge in [0.15, 0.2) is 0 Å². The van der Waals surface area contributed by atoms with Crippen LogP contribution in [0, 0.1) is 6.92 Å². The quantitative estimate of drug-likeness (QED) is 0.448. The number of fused-ring (bicyclic) bond motifs is 1. The minimum atomic E-state index is -0.134. The van der Waals surface area contributed by atoms with Gasteiger partial charge in [-0.25, -0.2) is 4.98 Å². The number of thiophene rings is 1. The Balaban J connectivity index is 1.60. The third-order valence-corrected chi connectivity index (χ3v) is 6.65. The number of rotatable bonds is 6. The van der Waals surface area contributed by atoms with Gasteiger partial charge in [-0.15, -0.1) is 22.7 Å². The van der Waals surface area contributed by atoms with E-state index < -0.39 is 0 Å². The normalized spacial score (nSPS) is 10.9. The molecule has 142 valence electrons. The molecule has 1 N–H and O–H groups in total. The molecule has 4 rings (SSSR count). The van der Waals surface area contributed by atoms with Crippen molar-refractivity contribution in [1.82, 2.24) is 10.3 Å². The molecule has 28 heavy (non-hydrogen) atoms. The summed E-state index contributed by atoms with van der Waals surface area (Å²) in [5.41, 5.74) is 1.54. The van der Waals surface area contributed by atoms with Gasteiger partial charge in [-0.1, -0.05) is 36.4 Å². The number of hydrogen-bond acceptors (Lipinski definition) is 5. The van der Waals surface area contributed by atoms with Gasteiger partial charge in [0.25, 0.3) is 5.91 Å². The molecule has 0 bridgehead atoms. The molecule has 0 atom stereocenters. The maximum Gasteiger partial charge on any atom is 0.255 e. The van der Waals surface area contributed by atoms with Gasteiger partial charge in [0, 0.05) is 4.88 Å². The van der Waals surface area contributed by atoms with Crippen LogP contribution < -0.4 is 10.1 Å². The van der Waals surface area contributed by atoms with Gasteiger partial charge in [0.2, 0.25) is 0 Å². The van der Waals surface area contributed by atoms with E-state index in [1.807, 2.05) is 61.7 Å². The number of hydrogen-bond donors (Lipinski definition) is 1. The number of ether oxygens (including phenoxy) is 1. The highest BCUT2D eigenvalue weighted by Crippen LogP contribution is 2.32. The van der Waals surface area contributed by atoms with Crippen LogP contribution in [0.2, 0.25) is 0 Å². The lowest BCUT2D eigenvalue weighted by Crippen LogP contribution is -2.23. The van der Waals surface area contributed by atoms with E-state index in [0.29, 0.717) is 24.5 Å². The summed E-state index contributed by atoms with van der Waals surface area (Å²) in [6, 6.07) is 15.8. The molecule has 2 aromatic heterocycles. The van der Waals surface area contributed by atoms with Crippen LogP contribution in [0.5, 0.6) is 5.75 Å². The number of benzene rings is 2. The molecule has 0 saturated heterocycles. The van der Waals surface area contributed by atoms with Crippen molar-refractivity contribution in [3.8, 4) is 15.6 Å². The SMILES string of the molecule is CCOc1ccc2ccccc2c1C(=O)NCc1sc(-c2cccs2)nc1C. The average Bonchev–Trinajstić information content (AvgIpc) is 3.36. The lowest BCUT2D eigenvalue weighted by molar-refractivity contribution is 0.0949. The van der Waals surface area contributed by atoms with Gasteiger partial charge in [-0.05, 0) is 42.1 Å². The largest absolute Gasteiger partial charge is 0.493 e. The second kappa shape index (κ2) is 8.12. The van der Waals surface area contributed by atoms with Crippen LogP contribution in [0.3, 0.4) is 0 Å². The summed E-state index contributed by atoms with van der Waals surface area (Å²) >= 11 is 3.30. The summed E-state index contributed by atoms with van der Waals surface area (Å²) in [4.78, 5) is 19.9. The van der Waals surface area contributed by atoms with E-state index in [2.05, 4.69) is 16.4 Å². The molecule has 0 aliphatic rings. The highest BCUT2D eigenvalue weighted by atomic mass is 32.1. The maximum absolute atomic E-state index is 13.1. The van der Waals surface area contributed by atoms with Gasteiger partial charge in [-0.2, -0.15) is 0 Å². The summed E-state index contributed by atoms with van der Waals surface area (Å²) in [6.07, 6.45) is 0. The Bertz CT molecular complexity index is 1120. The number of nitrogens with one attached hydrogen (secondary N) is 1. The lowest BCUT2D eigenvalue weighted by Gasteiger charge is -2.13. The summed E-state index contributed by atoms with van der Waals surface area (Å²) in [6.45, 7) is 4.86. The molecule has 0 aliphatic heterocycles. The number of carbonyl (C=O) groups excluding carboxylic acids is 1. The highest BCUT2D eigenvalue weighted by molar-refractivity contribution is 7.21. The van der Waals surface area contributed by atoms with Crippen molar-refractivity contribution < 1.29 is 9.53 Å². The standard InChI is InChI=1S/C22H20N2O2S2/c1-3-26-17-11-10-15-7-4-5-8-16(15)20(17)21(25)23-13-19-14(2)24-22(28-19)18-9-6-12-27-18/h4-12H,3,13H2,1-2H3,(H,23,25). The number of aryl methyl sites for hydroxylation is 1. The molecule has 4 nitrogen and oxygen atoms in total. The average molecular weight is 409 g/mol. The van der Waals surface area contributed by atoms with Crippen LogP contribution in [0.25, 0.3) is 20.7 Å². The predicted octanol–water partition coefficient (Wildman–Crippen LogP) is 5.66. The van der Waals surface area contributed by atoms with E-state index in [1.165, 1.54) is 0 Å². The smallest absolute Gasteiger partial charge is 0.255 e. The van der Waals surface area contributed by atoms with Gasteiger partial charge in [-0.3, -0.25) is 4.79 Å². The molecule has 2 aromatic carbocycles. The summed E-state index contributed by atoms with van der Waals surface area (Å²) < 4.78 is 5.73. The van der Waals surface area contributed by atoms with Crippen molar-refractivity contribution in [1.29, 1.82) is 0 Å². The fourth-order valence-electron chi connectivity index (χ4n) is 3.11. The van der Waals surface area contributed by atoms with Crippen LogP contribution in [-0.4, -0.2) is 17.5 Å². The Hall–Kier alpha value is -2.70. The first-order valence-electron chi connectivity index (χ1n) is 9.10. The van der Waals surface area contributed by atoms with E-state index in [0.717, 1.165) is 31.2 Å². The van der Waals surface area contributed by atoms with E-state index >= 15 is 0 Å². The Morgan fingerprint density at radius 2 is 2.00 bits per heavy atom. The van der Waals surface area contributed by atoms with E-state index in [-0.39, 0.29) is 5.91 Å². The number of carbonyl (C=O) groups is 1. The molecule has 0 radical (unpaired) electrons. The Morgan fingerprint density at radius 3 is 2.79 bits per heavy atom. The lowest BCUT2D eigenvalue weighted by atomic mass is 10.0. The second-order valence-electron chi connectivity index (χ2n) is 6.28. The highest BCUT2D eigenvalue weighted by Gasteiger charge is 2.18. The minimum absolute atomic E-state index is 0.134. The van der Waals surface area contributed by atoms with E-state index in [1.54, 1.807) is 22.7 Å². The Labute approximate surface area is 171 Å². The molecule has 2 heterocycles. The summed E-state index contributed by atoms with van der Waals surface area (Å²) in [5.74, 6) is 0.477. The molecule has 1 amide bonds. The van der Waals surface area contributed by atoms with Gasteiger partial charge < -0.3 is 10.1 Å². The second-order valence-corrected chi connectivity index (χ2v) is 8.31. The monoisotopic (exact) mass is 408 g/mol. The number of thiazole rings is 1. The van der Waals surface area contributed by atoms with Crippen molar-refractivity contribution in [3.63, 3.8) is 0 Å². The molecule has 0 saturated carbocycles. The number of aromatic nitrogens is 1. The topological polar surface area (TPSA) is 51.2 Å². The summed E-state index contributed by atoms with van der Waals surface area (Å²) in [5, 5.41) is 8.02. The first-order valence-corrected chi connectivity index (χ1v) is 10.8. The van der Waals surface area contributed by atoms with Crippen molar-refractivity contribution in [3.05, 3.63) is 70.0 Å². The van der Waals surface area contributed by atoms with Gasteiger partial charge in [0.1, 0.15) is 10.8 Å². The van der Waals surface area contributed by atoms with Crippen LogP contribution >= 0.6 is 22.7 Å². The van der Waals surface area contributed by atoms with Crippen molar-refractivity contribution in [2.75, 3.05) is 6.61 Å². The fraction of sp³-hybridized carbons (Fsp3) is 0.182. The zero-order valence-corrected chi connectivity index (χ0v) is 17.3. The van der Waals surface area contributed by atoms with Gasteiger partial charge in [0.05, 0.1) is 29.3 Å². The molecule has 0 aliphatic carbocycles. The molecule has 0 spiro atoms. The molecule has 4 aromatic rings. The molecular formula is C22H20N2O2S2. The van der Waals surface area contributed by atoms with Crippen LogP contribution in [0.4, 0.5) is 0 Å². The zero-order chi connectivity index (χ0) is 19.5. The first-order chi connectivity index (χ1) is 13.7. The van der Waals surface area contributed by atoms with Crippen LogP contribution in [0.1, 0.15) is 27.9 Å². The number of nitrogens with zero attached hydrogens (tertiary/aromatic N) is 1. The van der Waals surface area contributed by atoms with E-state index in [4.69, 9.17) is 4.74 Å². The summed E-state index contributed by atoms with van der Waals surface area (Å²) in [7, 11) is 0. The maximum atomic E-state index is 13.1.